The molecule has 3 aromatic rings. The third-order valence-corrected chi connectivity index (χ3v) is 5.43. The zero-order chi connectivity index (χ0) is 19.6. The molecular formula is C20H22F2N5O+. The van der Waals surface area contributed by atoms with E-state index in [0.29, 0.717) is 25.9 Å². The van der Waals surface area contributed by atoms with E-state index in [1.54, 1.807) is 28.9 Å². The van der Waals surface area contributed by atoms with Gasteiger partial charge in [-0.05, 0) is 45.8 Å². The predicted molar refractivity (Wildman–Crippen MR) is 97.3 cm³/mol. The van der Waals surface area contributed by atoms with Crippen LogP contribution in [0.2, 0.25) is 0 Å². The smallest absolute Gasteiger partial charge is 0.206 e. The van der Waals surface area contributed by atoms with Crippen molar-refractivity contribution >= 4 is 0 Å². The summed E-state index contributed by atoms with van der Waals surface area (Å²) in [5, 5.41) is 22.9. The number of nitrogens with zero attached hydrogens (tertiary/aromatic N) is 4. The van der Waals surface area contributed by atoms with Crippen LogP contribution >= 0.6 is 0 Å². The molecular weight excluding hydrogens is 364 g/mol. The Morgan fingerprint density at radius 1 is 0.964 bits per heavy atom. The molecule has 0 radical (unpaired) electrons. The molecule has 0 aliphatic carbocycles. The van der Waals surface area contributed by atoms with Crippen LogP contribution in [-0.4, -0.2) is 38.4 Å². The first-order valence-electron chi connectivity index (χ1n) is 9.33. The van der Waals surface area contributed by atoms with Crippen molar-refractivity contribution < 1.29 is 18.8 Å². The Balaban J connectivity index is 1.38. The van der Waals surface area contributed by atoms with Crippen molar-refractivity contribution in [3.05, 3.63) is 77.1 Å². The van der Waals surface area contributed by atoms with Crippen LogP contribution < -0.4 is 4.90 Å². The zero-order valence-electron chi connectivity index (χ0n) is 15.4. The molecule has 146 valence electrons. The van der Waals surface area contributed by atoms with E-state index in [4.69, 9.17) is 0 Å². The van der Waals surface area contributed by atoms with Crippen LogP contribution in [0.1, 0.15) is 29.8 Å². The summed E-state index contributed by atoms with van der Waals surface area (Å²) >= 11 is 0. The third kappa shape index (κ3) is 4.07. The summed E-state index contributed by atoms with van der Waals surface area (Å²) < 4.78 is 27.9. The Kier molecular flexibility index (Phi) is 5.15. The molecule has 0 atom stereocenters. The number of likely N-dealkylation sites (tertiary alicyclic amines) is 1. The number of tetrazole rings is 1. The monoisotopic (exact) mass is 386 g/mol. The van der Waals surface area contributed by atoms with Crippen molar-refractivity contribution in [2.45, 2.75) is 31.5 Å². The van der Waals surface area contributed by atoms with E-state index in [-0.39, 0.29) is 11.6 Å². The Hall–Kier alpha value is -2.71. The van der Waals surface area contributed by atoms with Crippen molar-refractivity contribution in [2.75, 3.05) is 13.1 Å². The first kappa shape index (κ1) is 18.6. The van der Waals surface area contributed by atoms with E-state index in [2.05, 4.69) is 15.5 Å². The van der Waals surface area contributed by atoms with Crippen LogP contribution in [0.5, 0.6) is 0 Å². The van der Waals surface area contributed by atoms with Gasteiger partial charge >= 0.3 is 0 Å². The lowest BCUT2D eigenvalue weighted by atomic mass is 9.84. The van der Waals surface area contributed by atoms with Gasteiger partial charge in [0, 0.05) is 12.8 Å². The molecule has 0 amide bonds. The van der Waals surface area contributed by atoms with Crippen molar-refractivity contribution in [1.82, 2.24) is 20.2 Å². The maximum absolute atomic E-state index is 13.1. The number of benzene rings is 2. The minimum atomic E-state index is -0.919. The van der Waals surface area contributed by atoms with Crippen molar-refractivity contribution in [1.29, 1.82) is 0 Å². The van der Waals surface area contributed by atoms with Gasteiger partial charge in [0.1, 0.15) is 23.8 Å². The van der Waals surface area contributed by atoms with Crippen molar-refractivity contribution in [3.63, 3.8) is 0 Å². The van der Waals surface area contributed by atoms with Crippen molar-refractivity contribution in [3.8, 4) is 0 Å². The normalized spacial score (nSPS) is 22.3. The molecule has 0 saturated carbocycles. The quantitative estimate of drug-likeness (QED) is 0.688. The second-order valence-electron chi connectivity index (χ2n) is 7.34. The summed E-state index contributed by atoms with van der Waals surface area (Å²) in [7, 11) is 0. The molecule has 6 nitrogen and oxygen atoms in total. The Bertz CT molecular complexity index is 919. The summed E-state index contributed by atoms with van der Waals surface area (Å²) in [5.74, 6) is 0.182. The SMILES string of the molecule is OC1(c2ccc(F)cc2)CC[NH+](Cc2nnnn2Cc2ccc(F)cc2)CC1. The molecule has 8 heteroatoms. The molecule has 1 aliphatic rings. The van der Waals surface area contributed by atoms with Gasteiger partial charge in [-0.1, -0.05) is 24.3 Å². The predicted octanol–water partition coefficient (Wildman–Crippen LogP) is 1.07. The molecule has 1 fully saturated rings. The lowest BCUT2D eigenvalue weighted by Gasteiger charge is -2.36. The molecule has 0 bridgehead atoms. The van der Waals surface area contributed by atoms with Crippen LogP contribution in [0, 0.1) is 11.6 Å². The number of piperidine rings is 1. The largest absolute Gasteiger partial charge is 0.385 e. The van der Waals surface area contributed by atoms with E-state index in [0.717, 1.165) is 30.0 Å². The fourth-order valence-corrected chi connectivity index (χ4v) is 3.70. The van der Waals surface area contributed by atoms with Gasteiger partial charge in [0.25, 0.3) is 0 Å². The van der Waals surface area contributed by atoms with E-state index < -0.39 is 5.60 Å². The summed E-state index contributed by atoms with van der Waals surface area (Å²) in [6, 6.07) is 12.4. The molecule has 0 spiro atoms. The fraction of sp³-hybridized carbons (Fsp3) is 0.350. The number of aromatic nitrogens is 4. The first-order chi connectivity index (χ1) is 13.5. The average Bonchev–Trinajstić information content (AvgIpc) is 3.13. The second-order valence-corrected chi connectivity index (χ2v) is 7.34. The highest BCUT2D eigenvalue weighted by Gasteiger charge is 2.36. The first-order valence-corrected chi connectivity index (χ1v) is 9.33. The number of halogens is 2. The third-order valence-electron chi connectivity index (χ3n) is 5.43. The Morgan fingerprint density at radius 2 is 1.57 bits per heavy atom. The molecule has 2 aromatic carbocycles. The summed E-state index contributed by atoms with van der Waals surface area (Å²) in [6.07, 6.45) is 1.18. The summed E-state index contributed by atoms with van der Waals surface area (Å²) in [4.78, 5) is 1.28. The van der Waals surface area contributed by atoms with Crippen LogP contribution in [0.25, 0.3) is 0 Å². The highest BCUT2D eigenvalue weighted by atomic mass is 19.1. The van der Waals surface area contributed by atoms with Crippen LogP contribution in [0.15, 0.2) is 48.5 Å². The summed E-state index contributed by atoms with van der Waals surface area (Å²) in [5.41, 5.74) is 0.764. The molecule has 2 heterocycles. The van der Waals surface area contributed by atoms with Crippen LogP contribution in [0.4, 0.5) is 8.78 Å². The van der Waals surface area contributed by atoms with Gasteiger partial charge in [0.2, 0.25) is 5.82 Å². The lowest BCUT2D eigenvalue weighted by Crippen LogP contribution is -3.12. The fourth-order valence-electron chi connectivity index (χ4n) is 3.70. The van der Waals surface area contributed by atoms with E-state index in [1.807, 2.05) is 0 Å². The van der Waals surface area contributed by atoms with E-state index in [1.165, 1.54) is 29.2 Å². The molecule has 28 heavy (non-hydrogen) atoms. The van der Waals surface area contributed by atoms with E-state index >= 15 is 0 Å². The zero-order valence-corrected chi connectivity index (χ0v) is 15.4. The molecule has 1 saturated heterocycles. The van der Waals surface area contributed by atoms with Gasteiger partial charge in [0.15, 0.2) is 0 Å². The minimum absolute atomic E-state index is 0.271. The highest BCUT2D eigenvalue weighted by Crippen LogP contribution is 2.29. The standard InChI is InChI=1S/C20H21F2N5O/c21-17-5-1-15(2-6-17)13-27-19(23-24-25-27)14-26-11-9-20(28,10-12-26)16-3-7-18(22)8-4-16/h1-8,28H,9-14H2/p+1. The molecule has 4 rings (SSSR count). The lowest BCUT2D eigenvalue weighted by molar-refractivity contribution is -0.922. The minimum Gasteiger partial charge on any atom is -0.385 e. The van der Waals surface area contributed by atoms with Gasteiger partial charge in [0.05, 0.1) is 19.6 Å². The number of nitrogens with one attached hydrogen (secondary N) is 1. The average molecular weight is 386 g/mol. The van der Waals surface area contributed by atoms with Gasteiger partial charge in [-0.2, -0.15) is 0 Å². The van der Waals surface area contributed by atoms with Gasteiger partial charge in [-0.25, -0.2) is 13.5 Å². The molecule has 1 aliphatic heterocycles. The molecule has 1 aromatic heterocycles. The van der Waals surface area contributed by atoms with Crippen LogP contribution in [0.3, 0.4) is 0 Å². The van der Waals surface area contributed by atoms with Gasteiger partial charge < -0.3 is 10.0 Å². The van der Waals surface area contributed by atoms with E-state index in [9.17, 15) is 13.9 Å². The van der Waals surface area contributed by atoms with Crippen LogP contribution in [-0.2, 0) is 18.7 Å². The number of hydrogen-bond acceptors (Lipinski definition) is 4. The number of hydrogen-bond donors (Lipinski definition) is 2. The summed E-state index contributed by atoms with van der Waals surface area (Å²) in [6.45, 7) is 2.65. The maximum atomic E-state index is 13.1. The Morgan fingerprint density at radius 3 is 2.21 bits per heavy atom. The Labute approximate surface area is 161 Å². The highest BCUT2D eigenvalue weighted by molar-refractivity contribution is 5.23. The number of aliphatic hydroxyl groups is 1. The second kappa shape index (κ2) is 7.73. The van der Waals surface area contributed by atoms with Crippen molar-refractivity contribution in [2.24, 2.45) is 0 Å². The molecule has 2 N–H and O–H groups in total. The number of quaternary nitrogens is 1. The van der Waals surface area contributed by atoms with Gasteiger partial charge in [-0.15, -0.1) is 5.10 Å². The topological polar surface area (TPSA) is 68.3 Å². The number of rotatable bonds is 5. The maximum Gasteiger partial charge on any atom is 0.206 e. The molecule has 0 unspecified atom stereocenters. The van der Waals surface area contributed by atoms with Gasteiger partial charge in [-0.3, -0.25) is 0 Å².